The average Bonchev–Trinajstić information content (AvgIpc) is 2.29. The van der Waals surface area contributed by atoms with Crippen molar-refractivity contribution in [2.75, 3.05) is 13.1 Å². The zero-order valence-corrected chi connectivity index (χ0v) is 11.6. The van der Waals surface area contributed by atoms with Crippen molar-refractivity contribution in [2.24, 2.45) is 5.92 Å². The molecule has 0 heterocycles. The molecular formula is C15H23NO. The first-order valence-corrected chi connectivity index (χ1v) is 6.30. The molecule has 0 aromatic heterocycles. The van der Waals surface area contributed by atoms with Crippen molar-refractivity contribution in [2.45, 2.75) is 34.6 Å². The Balaban J connectivity index is 2.92. The van der Waals surface area contributed by atoms with E-state index in [1.807, 2.05) is 19.9 Å². The highest BCUT2D eigenvalue weighted by Crippen LogP contribution is 2.18. The van der Waals surface area contributed by atoms with Gasteiger partial charge in [0.15, 0.2) is 5.78 Å². The number of ketones is 1. The first-order valence-electron chi connectivity index (χ1n) is 6.30. The van der Waals surface area contributed by atoms with E-state index in [0.717, 1.165) is 24.2 Å². The number of hydrogen-bond donors (Lipinski definition) is 1. The van der Waals surface area contributed by atoms with Crippen molar-refractivity contribution in [3.05, 3.63) is 34.4 Å². The molecule has 2 heteroatoms. The first kappa shape index (κ1) is 13.9. The largest absolute Gasteiger partial charge is 0.316 e. The highest BCUT2D eigenvalue weighted by Gasteiger charge is 2.17. The summed E-state index contributed by atoms with van der Waals surface area (Å²) in [4.78, 5) is 12.3. The Morgan fingerprint density at radius 2 is 1.76 bits per heavy atom. The Morgan fingerprint density at radius 3 is 2.35 bits per heavy atom. The van der Waals surface area contributed by atoms with E-state index in [-0.39, 0.29) is 11.7 Å². The second kappa shape index (κ2) is 5.97. The molecule has 0 saturated heterocycles. The summed E-state index contributed by atoms with van der Waals surface area (Å²) in [6, 6.07) is 4.12. The summed E-state index contributed by atoms with van der Waals surface area (Å²) in [6.07, 6.45) is 0. The van der Waals surface area contributed by atoms with E-state index >= 15 is 0 Å². The zero-order valence-electron chi connectivity index (χ0n) is 11.6. The van der Waals surface area contributed by atoms with E-state index in [0.29, 0.717) is 0 Å². The summed E-state index contributed by atoms with van der Waals surface area (Å²) in [5.74, 6) is 0.280. The molecule has 0 amide bonds. The van der Waals surface area contributed by atoms with Gasteiger partial charge in [-0.1, -0.05) is 19.9 Å². The van der Waals surface area contributed by atoms with Crippen molar-refractivity contribution in [1.29, 1.82) is 0 Å². The zero-order chi connectivity index (χ0) is 13.0. The van der Waals surface area contributed by atoms with Crippen molar-refractivity contribution in [3.8, 4) is 0 Å². The van der Waals surface area contributed by atoms with Gasteiger partial charge in [0.05, 0.1) is 0 Å². The van der Waals surface area contributed by atoms with Crippen molar-refractivity contribution in [3.63, 3.8) is 0 Å². The van der Waals surface area contributed by atoms with Crippen LogP contribution >= 0.6 is 0 Å². The van der Waals surface area contributed by atoms with E-state index in [2.05, 4.69) is 32.2 Å². The lowest BCUT2D eigenvalue weighted by Gasteiger charge is -2.14. The Hall–Kier alpha value is -1.15. The van der Waals surface area contributed by atoms with Crippen LogP contribution < -0.4 is 5.32 Å². The van der Waals surface area contributed by atoms with Crippen molar-refractivity contribution in [1.82, 2.24) is 5.32 Å². The smallest absolute Gasteiger partial charge is 0.167 e. The first-order chi connectivity index (χ1) is 7.97. The number of nitrogens with one attached hydrogen (secondary N) is 1. The third-order valence-electron chi connectivity index (χ3n) is 3.25. The molecule has 0 spiro atoms. The van der Waals surface area contributed by atoms with Crippen LogP contribution in [0.15, 0.2) is 12.1 Å². The maximum Gasteiger partial charge on any atom is 0.167 e. The quantitative estimate of drug-likeness (QED) is 0.792. The molecule has 1 unspecified atom stereocenters. The Morgan fingerprint density at radius 1 is 1.18 bits per heavy atom. The molecular weight excluding hydrogens is 210 g/mol. The predicted molar refractivity (Wildman–Crippen MR) is 72.7 cm³/mol. The number of carbonyl (C=O) groups excluding carboxylic acids is 1. The molecule has 0 bridgehead atoms. The number of aryl methyl sites for hydroxylation is 3. The van der Waals surface area contributed by atoms with Crippen LogP contribution in [-0.4, -0.2) is 18.9 Å². The van der Waals surface area contributed by atoms with Gasteiger partial charge in [0.25, 0.3) is 0 Å². The predicted octanol–water partition coefficient (Wildman–Crippen LogP) is 3.04. The van der Waals surface area contributed by atoms with Crippen molar-refractivity contribution < 1.29 is 4.79 Å². The minimum Gasteiger partial charge on any atom is -0.316 e. The molecule has 0 saturated carbocycles. The van der Waals surface area contributed by atoms with Crippen molar-refractivity contribution >= 4 is 5.78 Å². The number of carbonyl (C=O) groups is 1. The number of rotatable bonds is 5. The maximum absolute atomic E-state index is 12.3. The number of benzene rings is 1. The summed E-state index contributed by atoms with van der Waals surface area (Å²) < 4.78 is 0. The molecule has 0 aliphatic heterocycles. The van der Waals surface area contributed by atoms with Gasteiger partial charge in [0, 0.05) is 18.0 Å². The topological polar surface area (TPSA) is 29.1 Å². The van der Waals surface area contributed by atoms with Gasteiger partial charge in [-0.15, -0.1) is 0 Å². The van der Waals surface area contributed by atoms with Crippen LogP contribution in [0.5, 0.6) is 0 Å². The van der Waals surface area contributed by atoms with Crippen LogP contribution in [-0.2, 0) is 0 Å². The van der Waals surface area contributed by atoms with Gasteiger partial charge in [0.2, 0.25) is 0 Å². The molecule has 0 radical (unpaired) electrons. The van der Waals surface area contributed by atoms with Crippen LogP contribution in [0.25, 0.3) is 0 Å². The molecule has 1 rings (SSSR count). The second-order valence-corrected chi connectivity index (χ2v) is 4.82. The summed E-state index contributed by atoms with van der Waals surface area (Å²) in [5.41, 5.74) is 4.40. The summed E-state index contributed by atoms with van der Waals surface area (Å²) >= 11 is 0. The lowest BCUT2D eigenvalue weighted by atomic mass is 9.92. The second-order valence-electron chi connectivity index (χ2n) is 4.82. The van der Waals surface area contributed by atoms with Crippen LogP contribution in [0.3, 0.4) is 0 Å². The summed E-state index contributed by atoms with van der Waals surface area (Å²) in [7, 11) is 0. The standard InChI is InChI=1S/C15H23NO/c1-6-16-9-13(5)15(17)14-8-11(3)10(2)7-12(14)4/h7-8,13,16H,6,9H2,1-5H3. The van der Waals surface area contributed by atoms with Gasteiger partial charge < -0.3 is 5.32 Å². The monoisotopic (exact) mass is 233 g/mol. The fourth-order valence-electron chi connectivity index (χ4n) is 1.94. The molecule has 1 aromatic rings. The fraction of sp³-hybridized carbons (Fsp3) is 0.533. The Kier molecular flexibility index (Phi) is 4.88. The maximum atomic E-state index is 12.3. The minimum absolute atomic E-state index is 0.0377. The molecule has 2 nitrogen and oxygen atoms in total. The molecule has 0 aliphatic rings. The van der Waals surface area contributed by atoms with Crippen LogP contribution in [0.4, 0.5) is 0 Å². The highest BCUT2D eigenvalue weighted by molar-refractivity contribution is 5.99. The molecule has 1 N–H and O–H groups in total. The van der Waals surface area contributed by atoms with Gasteiger partial charge in [-0.3, -0.25) is 4.79 Å². The van der Waals surface area contributed by atoms with E-state index in [1.54, 1.807) is 0 Å². The summed E-state index contributed by atoms with van der Waals surface area (Å²) in [6.45, 7) is 11.8. The van der Waals surface area contributed by atoms with Crippen LogP contribution in [0.1, 0.15) is 40.9 Å². The van der Waals surface area contributed by atoms with Gasteiger partial charge in [-0.05, 0) is 50.1 Å². The van der Waals surface area contributed by atoms with E-state index < -0.39 is 0 Å². The van der Waals surface area contributed by atoms with Gasteiger partial charge in [0.1, 0.15) is 0 Å². The fourth-order valence-corrected chi connectivity index (χ4v) is 1.94. The van der Waals surface area contributed by atoms with Gasteiger partial charge in [-0.25, -0.2) is 0 Å². The lowest BCUT2D eigenvalue weighted by Crippen LogP contribution is -2.26. The number of Topliss-reactive ketones (excluding diaryl/α,β-unsaturated/α-hetero) is 1. The average molecular weight is 233 g/mol. The third kappa shape index (κ3) is 3.40. The molecule has 1 aromatic carbocycles. The molecule has 94 valence electrons. The van der Waals surface area contributed by atoms with Gasteiger partial charge in [-0.2, -0.15) is 0 Å². The van der Waals surface area contributed by atoms with Crippen LogP contribution in [0.2, 0.25) is 0 Å². The molecule has 17 heavy (non-hydrogen) atoms. The highest BCUT2D eigenvalue weighted by atomic mass is 16.1. The lowest BCUT2D eigenvalue weighted by molar-refractivity contribution is 0.0928. The van der Waals surface area contributed by atoms with Crippen LogP contribution in [0, 0.1) is 26.7 Å². The number of hydrogen-bond acceptors (Lipinski definition) is 2. The third-order valence-corrected chi connectivity index (χ3v) is 3.25. The normalized spacial score (nSPS) is 12.5. The van der Waals surface area contributed by atoms with Gasteiger partial charge >= 0.3 is 0 Å². The SMILES string of the molecule is CCNCC(C)C(=O)c1cc(C)c(C)cc1C. The minimum atomic E-state index is 0.0377. The summed E-state index contributed by atoms with van der Waals surface area (Å²) in [5, 5.41) is 3.22. The van der Waals surface area contributed by atoms with E-state index in [9.17, 15) is 4.79 Å². The Labute approximate surface area is 104 Å². The van der Waals surface area contributed by atoms with E-state index in [1.165, 1.54) is 11.1 Å². The molecule has 1 atom stereocenters. The molecule has 0 fully saturated rings. The Bertz CT molecular complexity index is 410. The molecule has 0 aliphatic carbocycles. The van der Waals surface area contributed by atoms with E-state index in [4.69, 9.17) is 0 Å².